The lowest BCUT2D eigenvalue weighted by atomic mass is 10.1. The Morgan fingerprint density at radius 2 is 1.69 bits per heavy atom. The number of benzene rings is 1. The number of thioether (sulfide) groups is 1. The first-order chi connectivity index (χ1) is 13.7. The smallest absolute Gasteiger partial charge is 0.303 e. The molecule has 0 saturated carbocycles. The topological polar surface area (TPSA) is 119 Å². The molecule has 0 aliphatic carbocycles. The summed E-state index contributed by atoms with van der Waals surface area (Å²) in [5.41, 5.74) is 0.788. The van der Waals surface area contributed by atoms with Crippen LogP contribution in [-0.4, -0.2) is 62.4 Å². The highest BCUT2D eigenvalue weighted by Crippen LogP contribution is 2.34. The van der Waals surface area contributed by atoms with Gasteiger partial charge in [0, 0.05) is 39.6 Å². The summed E-state index contributed by atoms with van der Waals surface area (Å²) in [6, 6.07) is 5.25. The summed E-state index contributed by atoms with van der Waals surface area (Å²) in [5, 5.41) is 7.97. The van der Waals surface area contributed by atoms with Crippen LogP contribution in [0.5, 0.6) is 5.75 Å². The Labute approximate surface area is 170 Å². The number of carbonyl (C=O) groups excluding carboxylic acids is 3. The van der Waals surface area contributed by atoms with Gasteiger partial charge in [0.15, 0.2) is 23.7 Å². The van der Waals surface area contributed by atoms with Gasteiger partial charge in [-0.2, -0.15) is 0 Å². The molecule has 1 fully saturated rings. The van der Waals surface area contributed by atoms with Gasteiger partial charge < -0.3 is 18.9 Å². The van der Waals surface area contributed by atoms with Crippen LogP contribution >= 0.6 is 11.8 Å². The molecule has 1 aromatic heterocycles. The van der Waals surface area contributed by atoms with Gasteiger partial charge >= 0.3 is 17.9 Å². The number of rotatable bonds is 5. The minimum atomic E-state index is -0.992. The van der Waals surface area contributed by atoms with Crippen LogP contribution in [0, 0.1) is 0 Å². The molecule has 4 atom stereocenters. The minimum absolute atomic E-state index is 0.301. The summed E-state index contributed by atoms with van der Waals surface area (Å²) in [6.45, 7) is 3.74. The van der Waals surface area contributed by atoms with Gasteiger partial charge in [0.2, 0.25) is 0 Å². The second-order valence-corrected chi connectivity index (χ2v) is 7.61. The summed E-state index contributed by atoms with van der Waals surface area (Å²) in [5.74, 6) is -0.878. The quantitative estimate of drug-likeness (QED) is 0.513. The second kappa shape index (κ2) is 8.68. The van der Waals surface area contributed by atoms with Gasteiger partial charge in [0.05, 0.1) is 5.52 Å². The van der Waals surface area contributed by atoms with Gasteiger partial charge in [-0.3, -0.25) is 14.4 Å². The van der Waals surface area contributed by atoms with E-state index in [9.17, 15) is 14.4 Å². The van der Waals surface area contributed by atoms with Crippen molar-refractivity contribution in [2.75, 3.05) is 5.75 Å². The van der Waals surface area contributed by atoms with E-state index < -0.39 is 41.7 Å². The molecule has 1 aliphatic heterocycles. The van der Waals surface area contributed by atoms with Crippen LogP contribution < -0.4 is 4.74 Å². The van der Waals surface area contributed by atoms with Crippen molar-refractivity contribution in [3.05, 3.63) is 18.2 Å². The second-order valence-electron chi connectivity index (χ2n) is 6.48. The fraction of sp³-hybridized carbons (Fsp3) is 0.500. The number of nitrogens with zero attached hydrogens (tertiary/aromatic N) is 3. The summed E-state index contributed by atoms with van der Waals surface area (Å²) < 4.78 is 23.7. The Morgan fingerprint density at radius 1 is 1.03 bits per heavy atom. The maximum atomic E-state index is 11.7. The van der Waals surface area contributed by atoms with Crippen LogP contribution in [0.4, 0.5) is 0 Å². The molecule has 10 nitrogen and oxygen atoms in total. The molecule has 11 heteroatoms. The van der Waals surface area contributed by atoms with Gasteiger partial charge in [-0.15, -0.1) is 16.9 Å². The standard InChI is InChI=1S/C18H21N3O7S/c1-9(22)25-15-8-29-18(17(27-11(3)24)16(15)26-10(2)23)28-12-5-6-13-14(7-12)21(4)20-19-13/h5-7,15-18H,8H2,1-4H3/t15-,16+,17-,18+/m1/s1. The fourth-order valence-corrected chi connectivity index (χ4v) is 4.24. The number of aromatic nitrogens is 3. The first-order valence-corrected chi connectivity index (χ1v) is 9.89. The Hall–Kier alpha value is -2.82. The zero-order chi connectivity index (χ0) is 21.1. The summed E-state index contributed by atoms with van der Waals surface area (Å²) >= 11 is 1.29. The van der Waals surface area contributed by atoms with Crippen LogP contribution in [0.25, 0.3) is 11.0 Å². The van der Waals surface area contributed by atoms with Gasteiger partial charge in [-0.25, -0.2) is 4.68 Å². The number of fused-ring (bicyclic) bond motifs is 1. The molecular formula is C18H21N3O7S. The average Bonchev–Trinajstić information content (AvgIpc) is 2.99. The largest absolute Gasteiger partial charge is 0.476 e. The Morgan fingerprint density at radius 3 is 2.34 bits per heavy atom. The van der Waals surface area contributed by atoms with E-state index in [4.69, 9.17) is 18.9 Å². The third kappa shape index (κ3) is 4.97. The number of ether oxygens (including phenoxy) is 4. The van der Waals surface area contributed by atoms with Gasteiger partial charge in [-0.05, 0) is 12.1 Å². The van der Waals surface area contributed by atoms with Crippen LogP contribution in [0.2, 0.25) is 0 Å². The maximum Gasteiger partial charge on any atom is 0.303 e. The summed E-state index contributed by atoms with van der Waals surface area (Å²) in [7, 11) is 1.76. The van der Waals surface area contributed by atoms with E-state index >= 15 is 0 Å². The molecule has 0 amide bonds. The molecule has 156 valence electrons. The van der Waals surface area contributed by atoms with Crippen LogP contribution in [0.1, 0.15) is 20.8 Å². The van der Waals surface area contributed by atoms with Crippen LogP contribution in [0.3, 0.4) is 0 Å². The van der Waals surface area contributed by atoms with Gasteiger partial charge in [0.25, 0.3) is 0 Å². The molecule has 1 aromatic carbocycles. The highest BCUT2D eigenvalue weighted by atomic mass is 32.2. The first-order valence-electron chi connectivity index (χ1n) is 8.84. The molecule has 2 heterocycles. The van der Waals surface area contributed by atoms with Crippen molar-refractivity contribution >= 4 is 40.7 Å². The number of hydrogen-bond donors (Lipinski definition) is 0. The number of aryl methyl sites for hydroxylation is 1. The van der Waals surface area contributed by atoms with Gasteiger partial charge in [0.1, 0.15) is 11.3 Å². The van der Waals surface area contributed by atoms with E-state index in [1.165, 1.54) is 32.5 Å². The lowest BCUT2D eigenvalue weighted by Gasteiger charge is -2.39. The predicted octanol–water partition coefficient (Wildman–Crippen LogP) is 1.22. The zero-order valence-corrected chi connectivity index (χ0v) is 17.2. The summed E-state index contributed by atoms with van der Waals surface area (Å²) in [6.07, 6.45) is -2.73. The van der Waals surface area contributed by atoms with Crippen molar-refractivity contribution in [1.29, 1.82) is 0 Å². The zero-order valence-electron chi connectivity index (χ0n) is 16.4. The van der Waals surface area contributed by atoms with E-state index in [2.05, 4.69) is 10.3 Å². The predicted molar refractivity (Wildman–Crippen MR) is 102 cm³/mol. The molecule has 0 radical (unpaired) electrons. The molecule has 1 saturated heterocycles. The maximum absolute atomic E-state index is 11.7. The molecular weight excluding hydrogens is 402 g/mol. The average molecular weight is 423 g/mol. The number of hydrogen-bond acceptors (Lipinski definition) is 10. The number of esters is 3. The van der Waals surface area contributed by atoms with E-state index in [0.29, 0.717) is 17.0 Å². The van der Waals surface area contributed by atoms with Gasteiger partial charge in [-0.1, -0.05) is 5.21 Å². The van der Waals surface area contributed by atoms with Crippen molar-refractivity contribution in [2.45, 2.75) is 44.5 Å². The minimum Gasteiger partial charge on any atom is -0.476 e. The monoisotopic (exact) mass is 423 g/mol. The van der Waals surface area contributed by atoms with Crippen LogP contribution in [-0.2, 0) is 35.6 Å². The first kappa shape index (κ1) is 20.9. The van der Waals surface area contributed by atoms with Crippen molar-refractivity contribution in [3.8, 4) is 5.75 Å². The molecule has 2 aromatic rings. The van der Waals surface area contributed by atoms with E-state index in [1.807, 2.05) is 0 Å². The SMILES string of the molecule is CC(=O)O[C@@H]1[C@@H](OC(C)=O)[C@@H](Oc2ccc3nnn(C)c3c2)SC[C@H]1OC(C)=O. The summed E-state index contributed by atoms with van der Waals surface area (Å²) in [4.78, 5) is 34.8. The Balaban J connectivity index is 1.88. The number of carbonyl (C=O) groups is 3. The molecule has 0 unspecified atom stereocenters. The van der Waals surface area contributed by atoms with Crippen molar-refractivity contribution < 1.29 is 33.3 Å². The highest BCUT2D eigenvalue weighted by Gasteiger charge is 2.47. The van der Waals surface area contributed by atoms with Crippen molar-refractivity contribution in [1.82, 2.24) is 15.0 Å². The van der Waals surface area contributed by atoms with Crippen molar-refractivity contribution in [3.63, 3.8) is 0 Å². The van der Waals surface area contributed by atoms with Crippen molar-refractivity contribution in [2.24, 2.45) is 7.05 Å². The lowest BCUT2D eigenvalue weighted by Crippen LogP contribution is -2.55. The molecule has 1 aliphatic rings. The molecule has 0 N–H and O–H groups in total. The molecule has 0 spiro atoms. The van der Waals surface area contributed by atoms with E-state index in [-0.39, 0.29) is 0 Å². The Kier molecular flexibility index (Phi) is 6.26. The van der Waals surface area contributed by atoms with Crippen LogP contribution in [0.15, 0.2) is 18.2 Å². The normalized spacial score (nSPS) is 24.0. The van der Waals surface area contributed by atoms with E-state index in [0.717, 1.165) is 5.52 Å². The third-order valence-electron chi connectivity index (χ3n) is 4.14. The lowest BCUT2D eigenvalue weighted by molar-refractivity contribution is -0.186. The third-order valence-corrected chi connectivity index (χ3v) is 5.35. The fourth-order valence-electron chi connectivity index (χ4n) is 3.03. The molecule has 29 heavy (non-hydrogen) atoms. The molecule has 0 bridgehead atoms. The Bertz CT molecular complexity index is 931. The highest BCUT2D eigenvalue weighted by molar-refractivity contribution is 7.99. The molecule has 3 rings (SSSR count). The van der Waals surface area contributed by atoms with E-state index in [1.54, 1.807) is 29.9 Å².